The summed E-state index contributed by atoms with van der Waals surface area (Å²) in [6.45, 7) is 4.78. The molecular weight excluding hydrogens is 537 g/mol. The predicted molar refractivity (Wildman–Crippen MR) is 137 cm³/mol. The Bertz CT molecular complexity index is 1680. The maximum Gasteiger partial charge on any atom is 0.416 e. The molecule has 0 spiro atoms. The SMILES string of the molecule is Cc1nc2c(c(CC(CO)Cc3cc(S(=O)(=O)O)ccc3C)nn2C(C)c2ccc(C(F)(F)F)cc2)c(=O)[nH]1. The number of benzene rings is 2. The molecule has 2 aromatic carbocycles. The molecule has 208 valence electrons. The van der Waals surface area contributed by atoms with Crippen LogP contribution in [0.5, 0.6) is 0 Å². The maximum atomic E-state index is 13.0. The second-order valence-electron chi connectivity index (χ2n) is 9.56. The Labute approximate surface area is 222 Å². The maximum absolute atomic E-state index is 13.0. The summed E-state index contributed by atoms with van der Waals surface area (Å²) in [6, 6.07) is 8.27. The van der Waals surface area contributed by atoms with E-state index in [1.165, 1.54) is 28.9 Å². The summed E-state index contributed by atoms with van der Waals surface area (Å²) in [7, 11) is -4.42. The number of aliphatic hydroxyl groups excluding tert-OH is 1. The Morgan fingerprint density at radius 3 is 2.33 bits per heavy atom. The highest BCUT2D eigenvalue weighted by molar-refractivity contribution is 7.85. The van der Waals surface area contributed by atoms with Crippen molar-refractivity contribution in [3.8, 4) is 0 Å². The van der Waals surface area contributed by atoms with Crippen LogP contribution in [-0.2, 0) is 29.1 Å². The van der Waals surface area contributed by atoms with E-state index < -0.39 is 39.4 Å². The molecular formula is C26H27F3N4O5S. The summed E-state index contributed by atoms with van der Waals surface area (Å²) in [5.74, 6) is -0.148. The van der Waals surface area contributed by atoms with Crippen LogP contribution < -0.4 is 5.56 Å². The molecule has 0 aliphatic carbocycles. The predicted octanol–water partition coefficient (Wildman–Crippen LogP) is 4.00. The lowest BCUT2D eigenvalue weighted by Gasteiger charge is -2.16. The monoisotopic (exact) mass is 564 g/mol. The molecule has 4 rings (SSSR count). The zero-order chi connectivity index (χ0) is 28.7. The van der Waals surface area contributed by atoms with Crippen molar-refractivity contribution in [1.29, 1.82) is 0 Å². The van der Waals surface area contributed by atoms with Gasteiger partial charge >= 0.3 is 6.18 Å². The van der Waals surface area contributed by atoms with Gasteiger partial charge in [-0.25, -0.2) is 9.67 Å². The van der Waals surface area contributed by atoms with Gasteiger partial charge in [0, 0.05) is 6.61 Å². The van der Waals surface area contributed by atoms with Crippen LogP contribution in [0.1, 0.15) is 46.7 Å². The van der Waals surface area contributed by atoms with E-state index in [2.05, 4.69) is 15.1 Å². The van der Waals surface area contributed by atoms with Crippen LogP contribution in [0.4, 0.5) is 13.2 Å². The van der Waals surface area contributed by atoms with Crippen LogP contribution in [0.2, 0.25) is 0 Å². The van der Waals surface area contributed by atoms with Crippen molar-refractivity contribution in [1.82, 2.24) is 19.7 Å². The number of hydrogen-bond donors (Lipinski definition) is 3. The van der Waals surface area contributed by atoms with Crippen molar-refractivity contribution in [2.45, 2.75) is 50.7 Å². The van der Waals surface area contributed by atoms with Crippen molar-refractivity contribution in [2.24, 2.45) is 5.92 Å². The van der Waals surface area contributed by atoms with Gasteiger partial charge in [-0.05, 0) is 80.5 Å². The van der Waals surface area contributed by atoms with Gasteiger partial charge in [-0.15, -0.1) is 0 Å². The van der Waals surface area contributed by atoms with Crippen molar-refractivity contribution in [3.05, 3.63) is 86.6 Å². The number of hydrogen-bond acceptors (Lipinski definition) is 6. The van der Waals surface area contributed by atoms with Crippen LogP contribution in [-0.4, -0.2) is 44.4 Å². The van der Waals surface area contributed by atoms with Gasteiger partial charge in [0.25, 0.3) is 15.7 Å². The van der Waals surface area contributed by atoms with Crippen LogP contribution in [0.3, 0.4) is 0 Å². The number of aryl methyl sites for hydroxylation is 2. The molecule has 0 aliphatic rings. The molecule has 3 N–H and O–H groups in total. The molecule has 2 unspecified atom stereocenters. The molecule has 4 aromatic rings. The number of aromatic nitrogens is 4. The summed E-state index contributed by atoms with van der Waals surface area (Å²) in [6.07, 6.45) is -4.12. The number of H-pyrrole nitrogens is 1. The molecule has 2 aromatic heterocycles. The van der Waals surface area contributed by atoms with Crippen molar-refractivity contribution in [2.75, 3.05) is 6.61 Å². The Morgan fingerprint density at radius 1 is 1.08 bits per heavy atom. The third kappa shape index (κ3) is 6.05. The number of fused-ring (bicyclic) bond motifs is 1. The fourth-order valence-corrected chi connectivity index (χ4v) is 5.07. The number of halogens is 3. The molecule has 2 heterocycles. The molecule has 0 fully saturated rings. The highest BCUT2D eigenvalue weighted by Crippen LogP contribution is 2.31. The quantitative estimate of drug-likeness (QED) is 0.275. The van der Waals surface area contributed by atoms with E-state index in [1.54, 1.807) is 26.8 Å². The lowest BCUT2D eigenvalue weighted by molar-refractivity contribution is -0.137. The third-order valence-electron chi connectivity index (χ3n) is 6.71. The largest absolute Gasteiger partial charge is 0.416 e. The van der Waals surface area contributed by atoms with E-state index in [-0.39, 0.29) is 35.4 Å². The minimum Gasteiger partial charge on any atom is -0.396 e. The first kappa shape index (κ1) is 28.5. The summed E-state index contributed by atoms with van der Waals surface area (Å²) in [5.41, 5.74) is 1.22. The van der Waals surface area contributed by atoms with Gasteiger partial charge in [0.05, 0.1) is 22.2 Å². The van der Waals surface area contributed by atoms with E-state index in [4.69, 9.17) is 0 Å². The highest BCUT2D eigenvalue weighted by atomic mass is 32.2. The Morgan fingerprint density at radius 2 is 1.74 bits per heavy atom. The zero-order valence-electron chi connectivity index (χ0n) is 21.3. The van der Waals surface area contributed by atoms with Gasteiger partial charge in [0.15, 0.2) is 5.65 Å². The van der Waals surface area contributed by atoms with Gasteiger partial charge in [-0.1, -0.05) is 18.2 Å². The average molecular weight is 565 g/mol. The molecule has 0 radical (unpaired) electrons. The molecule has 39 heavy (non-hydrogen) atoms. The average Bonchev–Trinajstić information content (AvgIpc) is 3.21. The first-order valence-electron chi connectivity index (χ1n) is 12.0. The summed E-state index contributed by atoms with van der Waals surface area (Å²) < 4.78 is 73.2. The van der Waals surface area contributed by atoms with Crippen LogP contribution in [0.15, 0.2) is 52.2 Å². The fraction of sp³-hybridized carbons (Fsp3) is 0.346. The van der Waals surface area contributed by atoms with Crippen LogP contribution >= 0.6 is 0 Å². The third-order valence-corrected chi connectivity index (χ3v) is 7.56. The number of rotatable bonds is 8. The molecule has 13 heteroatoms. The minimum atomic E-state index is -4.47. The number of nitrogens with one attached hydrogen (secondary N) is 1. The van der Waals surface area contributed by atoms with Gasteiger partial charge in [-0.3, -0.25) is 9.35 Å². The smallest absolute Gasteiger partial charge is 0.396 e. The number of nitrogens with zero attached hydrogens (tertiary/aromatic N) is 3. The van der Waals surface area contributed by atoms with Crippen LogP contribution in [0, 0.1) is 19.8 Å². The molecule has 0 saturated heterocycles. The van der Waals surface area contributed by atoms with E-state index in [0.29, 0.717) is 22.6 Å². The number of aliphatic hydroxyl groups is 1. The summed E-state index contributed by atoms with van der Waals surface area (Å²) >= 11 is 0. The second-order valence-corrected chi connectivity index (χ2v) is 11.0. The van der Waals surface area contributed by atoms with Crippen molar-refractivity contribution in [3.63, 3.8) is 0 Å². The lowest BCUT2D eigenvalue weighted by Crippen LogP contribution is -2.16. The summed E-state index contributed by atoms with van der Waals surface area (Å²) in [5, 5.41) is 15.0. The van der Waals surface area contributed by atoms with Gasteiger partial charge in [0.2, 0.25) is 0 Å². The van der Waals surface area contributed by atoms with E-state index in [9.17, 15) is 36.0 Å². The molecule has 0 amide bonds. The summed E-state index contributed by atoms with van der Waals surface area (Å²) in [4.78, 5) is 19.8. The van der Waals surface area contributed by atoms with Crippen LogP contribution in [0.25, 0.3) is 11.0 Å². The molecule has 2 atom stereocenters. The standard InChI is InChI=1S/C26H27F3N4O5S/c1-14-4-9-21(39(36,37)38)12-19(14)10-17(13-34)11-22-23-24(30-16(3)31-25(23)35)33(32-22)15(2)18-5-7-20(8-6-18)26(27,28)29/h4-9,12,15,17,34H,10-11,13H2,1-3H3,(H,30,31,35)(H,36,37,38). The number of aromatic amines is 1. The minimum absolute atomic E-state index is 0.128. The number of alkyl halides is 3. The van der Waals surface area contributed by atoms with Gasteiger partial charge in [0.1, 0.15) is 11.2 Å². The Hall–Kier alpha value is -3.55. The second kappa shape index (κ2) is 10.5. The topological polar surface area (TPSA) is 138 Å². The lowest BCUT2D eigenvalue weighted by atomic mass is 9.92. The van der Waals surface area contributed by atoms with Crippen molar-refractivity contribution < 1.29 is 31.2 Å². The molecule has 0 saturated carbocycles. The first-order valence-corrected chi connectivity index (χ1v) is 13.5. The zero-order valence-corrected chi connectivity index (χ0v) is 22.1. The van der Waals surface area contributed by atoms with Gasteiger partial charge < -0.3 is 10.1 Å². The van der Waals surface area contributed by atoms with E-state index in [1.807, 2.05) is 0 Å². The molecule has 9 nitrogen and oxygen atoms in total. The molecule has 0 aliphatic heterocycles. The van der Waals surface area contributed by atoms with Gasteiger partial charge in [-0.2, -0.15) is 26.7 Å². The Balaban J connectivity index is 1.73. The normalized spacial score (nSPS) is 14.1. The van der Waals surface area contributed by atoms with E-state index in [0.717, 1.165) is 17.7 Å². The van der Waals surface area contributed by atoms with E-state index >= 15 is 0 Å². The fourth-order valence-electron chi connectivity index (χ4n) is 4.54. The highest BCUT2D eigenvalue weighted by Gasteiger charge is 2.30. The first-order chi connectivity index (χ1) is 18.2. The Kier molecular flexibility index (Phi) is 7.70. The molecule has 0 bridgehead atoms. The van der Waals surface area contributed by atoms with Crippen molar-refractivity contribution >= 4 is 21.2 Å².